The van der Waals surface area contributed by atoms with E-state index < -0.39 is 17.3 Å². The molecule has 0 saturated carbocycles. The van der Waals surface area contributed by atoms with Gasteiger partial charge in [-0.2, -0.15) is 0 Å². The predicted octanol–water partition coefficient (Wildman–Crippen LogP) is 0.329. The molecule has 0 fully saturated rings. The molecule has 0 aliphatic rings. The summed E-state index contributed by atoms with van der Waals surface area (Å²) in [5, 5.41) is 0. The van der Waals surface area contributed by atoms with Gasteiger partial charge in [-0.25, -0.2) is 0 Å². The van der Waals surface area contributed by atoms with Crippen molar-refractivity contribution in [2.45, 2.75) is 12.5 Å². The highest BCUT2D eigenvalue weighted by atomic mass is 16.5. The van der Waals surface area contributed by atoms with Crippen molar-refractivity contribution in [3.05, 3.63) is 35.9 Å². The smallest absolute Gasteiger partial charge is 0.265 e. The summed E-state index contributed by atoms with van der Waals surface area (Å²) in [6.07, 6.45) is 0.147. The summed E-state index contributed by atoms with van der Waals surface area (Å²) in [6, 6.07) is 7.93. The Kier molecular flexibility index (Phi) is 4.12. The SMILES string of the molecule is CCOC(C=O)(C(N)=O)C(=O)c1ccccc1. The van der Waals surface area contributed by atoms with Crippen LogP contribution in [0.1, 0.15) is 17.3 Å². The van der Waals surface area contributed by atoms with E-state index >= 15 is 0 Å². The number of rotatable bonds is 6. The van der Waals surface area contributed by atoms with Crippen molar-refractivity contribution in [1.82, 2.24) is 0 Å². The molecule has 1 amide bonds. The molecule has 0 heterocycles. The molecule has 0 saturated heterocycles. The van der Waals surface area contributed by atoms with Crippen molar-refractivity contribution in [2.24, 2.45) is 5.73 Å². The minimum absolute atomic E-state index is 0.0280. The van der Waals surface area contributed by atoms with E-state index in [1.165, 1.54) is 12.1 Å². The molecule has 0 aromatic heterocycles. The average molecular weight is 235 g/mol. The van der Waals surface area contributed by atoms with Crippen LogP contribution < -0.4 is 5.73 Å². The van der Waals surface area contributed by atoms with Gasteiger partial charge in [0.25, 0.3) is 11.5 Å². The number of benzene rings is 1. The molecule has 0 spiro atoms. The lowest BCUT2D eigenvalue weighted by atomic mass is 9.93. The first-order chi connectivity index (χ1) is 8.08. The maximum atomic E-state index is 12.1. The fourth-order valence-electron chi connectivity index (χ4n) is 1.43. The van der Waals surface area contributed by atoms with Gasteiger partial charge in [-0.1, -0.05) is 30.3 Å². The summed E-state index contributed by atoms with van der Waals surface area (Å²) >= 11 is 0. The molecular weight excluding hydrogens is 222 g/mol. The average Bonchev–Trinajstić information content (AvgIpc) is 2.36. The van der Waals surface area contributed by atoms with Crippen molar-refractivity contribution in [1.29, 1.82) is 0 Å². The maximum absolute atomic E-state index is 12.1. The highest BCUT2D eigenvalue weighted by Crippen LogP contribution is 2.16. The lowest BCUT2D eigenvalue weighted by molar-refractivity contribution is -0.143. The van der Waals surface area contributed by atoms with Gasteiger partial charge in [-0.05, 0) is 6.92 Å². The molecule has 0 aliphatic heterocycles. The Morgan fingerprint density at radius 3 is 2.35 bits per heavy atom. The number of hydrogen-bond donors (Lipinski definition) is 1. The molecule has 2 N–H and O–H groups in total. The third-order valence-electron chi connectivity index (χ3n) is 2.28. The molecule has 17 heavy (non-hydrogen) atoms. The van der Waals surface area contributed by atoms with Gasteiger partial charge in [0.2, 0.25) is 5.78 Å². The first-order valence-electron chi connectivity index (χ1n) is 5.08. The lowest BCUT2D eigenvalue weighted by Crippen LogP contribution is -2.54. The molecule has 0 radical (unpaired) electrons. The van der Waals surface area contributed by atoms with Crippen molar-refractivity contribution in [3.63, 3.8) is 0 Å². The van der Waals surface area contributed by atoms with Crippen LogP contribution in [0.25, 0.3) is 0 Å². The van der Waals surface area contributed by atoms with Gasteiger partial charge < -0.3 is 10.5 Å². The normalized spacial score (nSPS) is 13.7. The van der Waals surface area contributed by atoms with E-state index in [9.17, 15) is 14.4 Å². The maximum Gasteiger partial charge on any atom is 0.265 e. The minimum atomic E-state index is -2.23. The Balaban J connectivity index is 3.20. The van der Waals surface area contributed by atoms with Gasteiger partial charge >= 0.3 is 0 Å². The highest BCUT2D eigenvalue weighted by Gasteiger charge is 2.46. The van der Waals surface area contributed by atoms with E-state index in [4.69, 9.17) is 10.5 Å². The summed E-state index contributed by atoms with van der Waals surface area (Å²) in [7, 11) is 0. The van der Waals surface area contributed by atoms with Gasteiger partial charge in [0.05, 0.1) is 0 Å². The third kappa shape index (κ3) is 2.39. The Morgan fingerprint density at radius 1 is 1.35 bits per heavy atom. The van der Waals surface area contributed by atoms with Gasteiger partial charge in [0.15, 0.2) is 6.29 Å². The zero-order chi connectivity index (χ0) is 12.9. The number of nitrogens with two attached hydrogens (primary N) is 1. The topological polar surface area (TPSA) is 86.5 Å². The third-order valence-corrected chi connectivity index (χ3v) is 2.28. The molecule has 1 aromatic carbocycles. The second-order valence-corrected chi connectivity index (χ2v) is 3.35. The number of carbonyl (C=O) groups excluding carboxylic acids is 3. The van der Waals surface area contributed by atoms with Crippen LogP contribution in [0.4, 0.5) is 0 Å². The second kappa shape index (κ2) is 5.36. The van der Waals surface area contributed by atoms with Crippen LogP contribution in [0, 0.1) is 0 Å². The Bertz CT molecular complexity index is 429. The number of Topliss-reactive ketones (excluding diaryl/α,β-unsaturated/α-hetero) is 1. The van der Waals surface area contributed by atoms with Crippen molar-refractivity contribution in [2.75, 3.05) is 6.61 Å². The van der Waals surface area contributed by atoms with Crippen molar-refractivity contribution >= 4 is 18.0 Å². The molecular formula is C12H13NO4. The summed E-state index contributed by atoms with van der Waals surface area (Å²) in [6.45, 7) is 1.60. The molecule has 1 atom stereocenters. The first-order valence-corrected chi connectivity index (χ1v) is 5.08. The van der Waals surface area contributed by atoms with E-state index in [1.807, 2.05) is 0 Å². The summed E-state index contributed by atoms with van der Waals surface area (Å²) in [4.78, 5) is 34.4. The molecule has 5 heteroatoms. The Labute approximate surface area is 98.6 Å². The molecule has 1 aromatic rings. The van der Waals surface area contributed by atoms with Crippen LogP contribution in [-0.4, -0.2) is 30.2 Å². The monoisotopic (exact) mass is 235 g/mol. The van der Waals surface area contributed by atoms with Crippen LogP contribution in [0.15, 0.2) is 30.3 Å². The van der Waals surface area contributed by atoms with Gasteiger partial charge in [-0.3, -0.25) is 14.4 Å². The highest BCUT2D eigenvalue weighted by molar-refractivity contribution is 6.26. The number of ether oxygens (including phenoxy) is 1. The van der Waals surface area contributed by atoms with Crippen LogP contribution in [0.3, 0.4) is 0 Å². The minimum Gasteiger partial charge on any atom is -0.366 e. The van der Waals surface area contributed by atoms with Crippen molar-refractivity contribution < 1.29 is 19.1 Å². The molecule has 0 aliphatic carbocycles. The standard InChI is InChI=1S/C12H13NO4/c1-2-17-12(8-14,11(13)16)10(15)9-6-4-3-5-7-9/h3-8H,2H2,1H3,(H2,13,16). The van der Waals surface area contributed by atoms with Crippen LogP contribution in [0.2, 0.25) is 0 Å². The van der Waals surface area contributed by atoms with Crippen LogP contribution in [-0.2, 0) is 14.3 Å². The van der Waals surface area contributed by atoms with E-state index in [0.717, 1.165) is 0 Å². The number of amides is 1. The predicted molar refractivity (Wildman–Crippen MR) is 60.4 cm³/mol. The number of ketones is 1. The summed E-state index contributed by atoms with van der Waals surface area (Å²) in [5.41, 5.74) is 3.07. The zero-order valence-electron chi connectivity index (χ0n) is 9.38. The van der Waals surface area contributed by atoms with E-state index in [1.54, 1.807) is 25.1 Å². The van der Waals surface area contributed by atoms with Crippen molar-refractivity contribution in [3.8, 4) is 0 Å². The molecule has 90 valence electrons. The van der Waals surface area contributed by atoms with Gasteiger partial charge in [0.1, 0.15) is 0 Å². The largest absolute Gasteiger partial charge is 0.366 e. The molecule has 5 nitrogen and oxygen atoms in total. The first kappa shape index (κ1) is 13.1. The number of hydrogen-bond acceptors (Lipinski definition) is 4. The fourth-order valence-corrected chi connectivity index (χ4v) is 1.43. The molecule has 0 bridgehead atoms. The van der Waals surface area contributed by atoms with E-state index in [2.05, 4.69) is 0 Å². The number of aldehydes is 1. The second-order valence-electron chi connectivity index (χ2n) is 3.35. The number of carbonyl (C=O) groups is 3. The lowest BCUT2D eigenvalue weighted by Gasteiger charge is -2.22. The Morgan fingerprint density at radius 2 is 1.94 bits per heavy atom. The quantitative estimate of drug-likeness (QED) is 0.437. The zero-order valence-corrected chi connectivity index (χ0v) is 9.38. The van der Waals surface area contributed by atoms with Gasteiger partial charge in [-0.15, -0.1) is 0 Å². The van der Waals surface area contributed by atoms with Crippen LogP contribution in [0.5, 0.6) is 0 Å². The molecule has 1 unspecified atom stereocenters. The van der Waals surface area contributed by atoms with E-state index in [-0.39, 0.29) is 18.5 Å². The summed E-state index contributed by atoms with van der Waals surface area (Å²) < 4.78 is 4.96. The Hall–Kier alpha value is -2.01. The molecule has 1 rings (SSSR count). The van der Waals surface area contributed by atoms with E-state index in [0.29, 0.717) is 0 Å². The summed E-state index contributed by atoms with van der Waals surface area (Å²) in [5.74, 6) is -1.86. The van der Waals surface area contributed by atoms with Gasteiger partial charge in [0, 0.05) is 12.2 Å². The number of primary amides is 1. The van der Waals surface area contributed by atoms with Crippen LogP contribution >= 0.6 is 0 Å². The fraction of sp³-hybridized carbons (Fsp3) is 0.250.